The van der Waals surface area contributed by atoms with E-state index in [-0.39, 0.29) is 0 Å². The van der Waals surface area contributed by atoms with Gasteiger partial charge in [0, 0.05) is 12.6 Å². The third-order valence-corrected chi connectivity index (χ3v) is 3.09. The summed E-state index contributed by atoms with van der Waals surface area (Å²) in [4.78, 5) is 2.48. The maximum atomic E-state index is 3.65. The minimum absolute atomic E-state index is 0.749. The van der Waals surface area contributed by atoms with Gasteiger partial charge in [0.15, 0.2) is 0 Å². The zero-order valence-corrected chi connectivity index (χ0v) is 9.89. The molecule has 0 aromatic carbocycles. The van der Waals surface area contributed by atoms with E-state index in [1.54, 1.807) is 0 Å². The van der Waals surface area contributed by atoms with Crippen molar-refractivity contribution in [3.63, 3.8) is 0 Å². The molecule has 0 spiro atoms. The molecule has 1 heterocycles. The number of nitrogens with zero attached hydrogens (tertiary/aromatic N) is 1. The first-order chi connectivity index (χ1) is 6.83. The molecule has 1 aliphatic rings. The molecule has 1 rings (SSSR count). The van der Waals surface area contributed by atoms with Gasteiger partial charge in [-0.05, 0) is 39.4 Å². The number of nitrogens with one attached hydrogen (secondary N) is 1. The summed E-state index contributed by atoms with van der Waals surface area (Å²) >= 11 is 0. The Balaban J connectivity index is 2.13. The van der Waals surface area contributed by atoms with Gasteiger partial charge in [0.1, 0.15) is 0 Å². The van der Waals surface area contributed by atoms with Crippen LogP contribution in [0.4, 0.5) is 0 Å². The van der Waals surface area contributed by atoms with Gasteiger partial charge in [-0.1, -0.05) is 26.2 Å². The third-order valence-electron chi connectivity index (χ3n) is 3.09. The Morgan fingerprint density at radius 3 is 2.93 bits per heavy atom. The van der Waals surface area contributed by atoms with Crippen molar-refractivity contribution in [1.29, 1.82) is 0 Å². The Bertz CT molecular complexity index is 128. The second-order valence-corrected chi connectivity index (χ2v) is 4.62. The van der Waals surface area contributed by atoms with Crippen molar-refractivity contribution in [2.24, 2.45) is 0 Å². The first-order valence-electron chi connectivity index (χ1n) is 6.25. The molecule has 2 heteroatoms. The number of rotatable bonds is 5. The van der Waals surface area contributed by atoms with Crippen molar-refractivity contribution in [2.45, 2.75) is 51.5 Å². The molecule has 0 aliphatic carbocycles. The molecule has 0 saturated carbocycles. The maximum Gasteiger partial charge on any atom is 0.0194 e. The average molecular weight is 198 g/mol. The standard InChI is InChI=1S/C12H26N2/c1-3-4-10-14(2)11-12-8-6-5-7-9-13-12/h12-13H,3-11H2,1-2H3. The second kappa shape index (κ2) is 7.24. The molecule has 0 aromatic heterocycles. The number of hydrogen-bond acceptors (Lipinski definition) is 2. The molecule has 1 N–H and O–H groups in total. The lowest BCUT2D eigenvalue weighted by molar-refractivity contribution is 0.281. The van der Waals surface area contributed by atoms with Gasteiger partial charge in [-0.15, -0.1) is 0 Å². The molecule has 1 saturated heterocycles. The predicted molar refractivity (Wildman–Crippen MR) is 62.7 cm³/mol. The lowest BCUT2D eigenvalue weighted by atomic mass is 10.1. The molecular weight excluding hydrogens is 172 g/mol. The molecule has 1 fully saturated rings. The number of unbranched alkanes of at least 4 members (excludes halogenated alkanes) is 1. The van der Waals surface area contributed by atoms with Crippen LogP contribution in [0.1, 0.15) is 45.4 Å². The van der Waals surface area contributed by atoms with Crippen molar-refractivity contribution in [3.05, 3.63) is 0 Å². The topological polar surface area (TPSA) is 15.3 Å². The Labute approximate surface area is 89.1 Å². The zero-order chi connectivity index (χ0) is 10.2. The van der Waals surface area contributed by atoms with Crippen LogP contribution in [-0.2, 0) is 0 Å². The van der Waals surface area contributed by atoms with Gasteiger partial charge >= 0.3 is 0 Å². The van der Waals surface area contributed by atoms with Gasteiger partial charge in [0.05, 0.1) is 0 Å². The molecule has 0 amide bonds. The van der Waals surface area contributed by atoms with Crippen LogP contribution in [0.15, 0.2) is 0 Å². The molecule has 1 atom stereocenters. The minimum Gasteiger partial charge on any atom is -0.313 e. The molecule has 0 aromatic rings. The third kappa shape index (κ3) is 4.97. The summed E-state index contributed by atoms with van der Waals surface area (Å²) in [5.74, 6) is 0. The first kappa shape index (κ1) is 12.0. The van der Waals surface area contributed by atoms with E-state index < -0.39 is 0 Å². The van der Waals surface area contributed by atoms with Crippen LogP contribution in [0.3, 0.4) is 0 Å². The monoisotopic (exact) mass is 198 g/mol. The fourth-order valence-electron chi connectivity index (χ4n) is 2.15. The second-order valence-electron chi connectivity index (χ2n) is 4.62. The van der Waals surface area contributed by atoms with Crippen LogP contribution < -0.4 is 5.32 Å². The van der Waals surface area contributed by atoms with Gasteiger partial charge in [0.25, 0.3) is 0 Å². The zero-order valence-electron chi connectivity index (χ0n) is 9.89. The number of hydrogen-bond donors (Lipinski definition) is 1. The van der Waals surface area contributed by atoms with Crippen molar-refractivity contribution >= 4 is 0 Å². The summed E-state index contributed by atoms with van der Waals surface area (Å²) in [5.41, 5.74) is 0. The minimum atomic E-state index is 0.749. The highest BCUT2D eigenvalue weighted by atomic mass is 15.1. The maximum absolute atomic E-state index is 3.65. The van der Waals surface area contributed by atoms with E-state index in [1.807, 2.05) is 0 Å². The first-order valence-corrected chi connectivity index (χ1v) is 6.25. The fourth-order valence-corrected chi connectivity index (χ4v) is 2.15. The van der Waals surface area contributed by atoms with E-state index in [1.165, 1.54) is 58.2 Å². The average Bonchev–Trinajstić information content (AvgIpc) is 2.43. The fraction of sp³-hybridized carbons (Fsp3) is 1.00. The number of likely N-dealkylation sites (N-methyl/N-ethyl adjacent to an activating group) is 1. The van der Waals surface area contributed by atoms with Gasteiger partial charge in [-0.25, -0.2) is 0 Å². The summed E-state index contributed by atoms with van der Waals surface area (Å²) in [6, 6.07) is 0.749. The van der Waals surface area contributed by atoms with E-state index >= 15 is 0 Å². The summed E-state index contributed by atoms with van der Waals surface area (Å²) < 4.78 is 0. The van der Waals surface area contributed by atoms with E-state index in [0.717, 1.165) is 6.04 Å². The molecule has 1 unspecified atom stereocenters. The Morgan fingerprint density at radius 1 is 1.29 bits per heavy atom. The SMILES string of the molecule is CCCCN(C)CC1CCCCCN1. The molecule has 2 nitrogen and oxygen atoms in total. The lowest BCUT2D eigenvalue weighted by Crippen LogP contribution is -2.39. The van der Waals surface area contributed by atoms with Crippen molar-refractivity contribution in [1.82, 2.24) is 10.2 Å². The summed E-state index contributed by atoms with van der Waals surface area (Å²) in [6.07, 6.45) is 8.22. The summed E-state index contributed by atoms with van der Waals surface area (Å²) in [5, 5.41) is 3.65. The van der Waals surface area contributed by atoms with Gasteiger partial charge in [0.2, 0.25) is 0 Å². The van der Waals surface area contributed by atoms with E-state index in [9.17, 15) is 0 Å². The van der Waals surface area contributed by atoms with Crippen LogP contribution in [-0.4, -0.2) is 37.6 Å². The molecular formula is C12H26N2. The van der Waals surface area contributed by atoms with Crippen LogP contribution >= 0.6 is 0 Å². The molecule has 0 bridgehead atoms. The van der Waals surface area contributed by atoms with E-state index in [4.69, 9.17) is 0 Å². The smallest absolute Gasteiger partial charge is 0.0194 e. The Hall–Kier alpha value is -0.0800. The van der Waals surface area contributed by atoms with Crippen molar-refractivity contribution < 1.29 is 0 Å². The molecule has 1 aliphatic heterocycles. The van der Waals surface area contributed by atoms with Crippen LogP contribution in [0.2, 0.25) is 0 Å². The molecule has 84 valence electrons. The van der Waals surface area contributed by atoms with Crippen molar-refractivity contribution in [3.8, 4) is 0 Å². The Kier molecular flexibility index (Phi) is 6.20. The normalized spacial score (nSPS) is 23.8. The lowest BCUT2D eigenvalue weighted by Gasteiger charge is -2.23. The van der Waals surface area contributed by atoms with Gasteiger partial charge in [-0.3, -0.25) is 0 Å². The summed E-state index contributed by atoms with van der Waals surface area (Å²) in [6.45, 7) is 5.98. The van der Waals surface area contributed by atoms with Crippen molar-refractivity contribution in [2.75, 3.05) is 26.7 Å². The predicted octanol–water partition coefficient (Wildman–Crippen LogP) is 2.25. The molecule has 0 radical (unpaired) electrons. The summed E-state index contributed by atoms with van der Waals surface area (Å²) in [7, 11) is 2.25. The van der Waals surface area contributed by atoms with Crippen LogP contribution in [0, 0.1) is 0 Å². The highest BCUT2D eigenvalue weighted by molar-refractivity contribution is 4.73. The van der Waals surface area contributed by atoms with Crippen LogP contribution in [0.5, 0.6) is 0 Å². The van der Waals surface area contributed by atoms with E-state index in [0.29, 0.717) is 0 Å². The largest absolute Gasteiger partial charge is 0.313 e. The van der Waals surface area contributed by atoms with Crippen LogP contribution in [0.25, 0.3) is 0 Å². The Morgan fingerprint density at radius 2 is 2.14 bits per heavy atom. The van der Waals surface area contributed by atoms with Gasteiger partial charge < -0.3 is 10.2 Å². The van der Waals surface area contributed by atoms with Gasteiger partial charge in [-0.2, -0.15) is 0 Å². The highest BCUT2D eigenvalue weighted by Crippen LogP contribution is 2.09. The highest BCUT2D eigenvalue weighted by Gasteiger charge is 2.12. The molecule has 14 heavy (non-hydrogen) atoms. The quantitative estimate of drug-likeness (QED) is 0.729. The van der Waals surface area contributed by atoms with E-state index in [2.05, 4.69) is 24.2 Å².